The zero-order valence-corrected chi connectivity index (χ0v) is 18.6. The summed E-state index contributed by atoms with van der Waals surface area (Å²) < 4.78 is 11.6. The maximum Gasteiger partial charge on any atom is 0.430 e. The van der Waals surface area contributed by atoms with Gasteiger partial charge in [0.05, 0.1) is 0 Å². The van der Waals surface area contributed by atoms with Crippen LogP contribution < -0.4 is 5.43 Å². The van der Waals surface area contributed by atoms with E-state index in [2.05, 4.69) is 12.3 Å². The average molecular weight is 421 g/mol. The lowest BCUT2D eigenvalue weighted by Crippen LogP contribution is -2.59. The van der Waals surface area contributed by atoms with Gasteiger partial charge in [-0.05, 0) is 46.6 Å². The van der Waals surface area contributed by atoms with Gasteiger partial charge in [0.15, 0.2) is 5.60 Å². The number of benzene rings is 2. The van der Waals surface area contributed by atoms with Gasteiger partial charge >= 0.3 is 12.2 Å². The van der Waals surface area contributed by atoms with Crippen LogP contribution in [0.5, 0.6) is 0 Å². The first-order valence-corrected chi connectivity index (χ1v) is 10.4. The van der Waals surface area contributed by atoms with Crippen molar-refractivity contribution in [1.82, 2.24) is 10.4 Å². The summed E-state index contributed by atoms with van der Waals surface area (Å²) in [5.41, 5.74) is 3.90. The number of hydrogen-bond acceptors (Lipinski definition) is 4. The summed E-state index contributed by atoms with van der Waals surface area (Å²) in [6, 6.07) is 19.7. The predicted octanol–water partition coefficient (Wildman–Crippen LogP) is 5.41. The van der Waals surface area contributed by atoms with Crippen LogP contribution in [-0.4, -0.2) is 28.3 Å². The van der Waals surface area contributed by atoms with Crippen LogP contribution in [0.3, 0.4) is 0 Å². The van der Waals surface area contributed by atoms with Crippen LogP contribution in [0.4, 0.5) is 9.59 Å². The lowest BCUT2D eigenvalue weighted by atomic mass is 9.73. The zero-order chi connectivity index (χ0) is 22.4. The minimum Gasteiger partial charge on any atom is -0.443 e. The minimum absolute atomic E-state index is 0.535. The third kappa shape index (κ3) is 3.26. The third-order valence-corrected chi connectivity index (χ3v) is 5.91. The van der Waals surface area contributed by atoms with Gasteiger partial charge in [0.1, 0.15) is 11.1 Å². The number of rotatable bonds is 3. The van der Waals surface area contributed by atoms with Crippen molar-refractivity contribution in [3.05, 3.63) is 77.4 Å². The van der Waals surface area contributed by atoms with Gasteiger partial charge in [0, 0.05) is 11.1 Å². The number of nitrogens with one attached hydrogen (secondary N) is 1. The number of carbonyl (C=O) groups is 2. The van der Waals surface area contributed by atoms with Crippen molar-refractivity contribution in [1.29, 1.82) is 0 Å². The zero-order valence-electron chi connectivity index (χ0n) is 18.6. The highest BCUT2D eigenvalue weighted by molar-refractivity contribution is 5.89. The van der Waals surface area contributed by atoms with Gasteiger partial charge in [-0.1, -0.05) is 66.2 Å². The molecule has 1 saturated heterocycles. The van der Waals surface area contributed by atoms with Gasteiger partial charge < -0.3 is 9.47 Å². The second-order valence-corrected chi connectivity index (χ2v) is 9.34. The van der Waals surface area contributed by atoms with Gasteiger partial charge in [-0.15, -0.1) is 0 Å². The van der Waals surface area contributed by atoms with Gasteiger partial charge in [-0.3, -0.25) is 0 Å². The normalized spacial score (nSPS) is 25.3. The van der Waals surface area contributed by atoms with E-state index in [4.69, 9.17) is 9.47 Å². The summed E-state index contributed by atoms with van der Waals surface area (Å²) in [4.78, 5) is 25.7. The highest BCUT2D eigenvalue weighted by Crippen LogP contribution is 2.61. The fraction of sp³-hybridized carbons (Fsp3) is 0.360. The monoisotopic (exact) mass is 420 g/mol. The Labute approximate surface area is 182 Å². The molecule has 4 rings (SSSR count). The van der Waals surface area contributed by atoms with Gasteiger partial charge in [0.25, 0.3) is 0 Å². The molecule has 2 atom stereocenters. The van der Waals surface area contributed by atoms with Crippen molar-refractivity contribution in [2.24, 2.45) is 0 Å². The van der Waals surface area contributed by atoms with E-state index in [1.807, 2.05) is 67.6 Å². The molecular formula is C25H28N2O4. The molecule has 1 aliphatic heterocycles. The molecule has 0 aromatic heterocycles. The van der Waals surface area contributed by atoms with E-state index in [0.717, 1.165) is 22.3 Å². The van der Waals surface area contributed by atoms with Crippen molar-refractivity contribution in [2.45, 2.75) is 57.8 Å². The molecule has 2 aromatic rings. The molecule has 1 fully saturated rings. The largest absolute Gasteiger partial charge is 0.443 e. The number of hydrogen-bond donors (Lipinski definition) is 1. The second-order valence-electron chi connectivity index (χ2n) is 9.34. The Morgan fingerprint density at radius 2 is 1.65 bits per heavy atom. The summed E-state index contributed by atoms with van der Waals surface area (Å²) >= 11 is 0. The number of fused-ring (bicyclic) bond motifs is 1. The van der Waals surface area contributed by atoms with Crippen LogP contribution in [0.2, 0.25) is 0 Å². The first-order chi connectivity index (χ1) is 14.6. The summed E-state index contributed by atoms with van der Waals surface area (Å²) in [6.45, 7) is 9.33. The molecule has 162 valence electrons. The fourth-order valence-electron chi connectivity index (χ4n) is 4.88. The highest BCUT2D eigenvalue weighted by atomic mass is 16.6. The number of ether oxygens (including phenoxy) is 2. The molecule has 0 unspecified atom stereocenters. The van der Waals surface area contributed by atoms with E-state index in [-0.39, 0.29) is 0 Å². The molecule has 2 aliphatic rings. The Morgan fingerprint density at radius 1 is 1.06 bits per heavy atom. The molecule has 6 nitrogen and oxygen atoms in total. The van der Waals surface area contributed by atoms with E-state index in [0.29, 0.717) is 6.42 Å². The van der Waals surface area contributed by atoms with Crippen molar-refractivity contribution < 1.29 is 19.1 Å². The van der Waals surface area contributed by atoms with E-state index >= 15 is 0 Å². The van der Waals surface area contributed by atoms with E-state index in [1.165, 1.54) is 5.01 Å². The summed E-state index contributed by atoms with van der Waals surface area (Å²) in [5.74, 6) is 0. The first-order valence-electron chi connectivity index (χ1n) is 10.4. The Hall–Kier alpha value is -3.28. The van der Waals surface area contributed by atoms with Crippen LogP contribution in [0.15, 0.2) is 66.2 Å². The van der Waals surface area contributed by atoms with Crippen molar-refractivity contribution in [2.75, 3.05) is 0 Å². The van der Waals surface area contributed by atoms with Gasteiger partial charge in [0.2, 0.25) is 0 Å². The summed E-state index contributed by atoms with van der Waals surface area (Å²) in [7, 11) is 0. The Morgan fingerprint density at radius 3 is 2.23 bits per heavy atom. The molecule has 2 amide bonds. The van der Waals surface area contributed by atoms with E-state index in [1.54, 1.807) is 20.8 Å². The number of hydrazine groups is 1. The Bertz CT molecular complexity index is 1040. The topological polar surface area (TPSA) is 67.9 Å². The average Bonchev–Trinajstić information content (AvgIpc) is 3.05. The molecule has 0 bridgehead atoms. The maximum atomic E-state index is 13.2. The molecule has 0 spiro atoms. The van der Waals surface area contributed by atoms with Gasteiger partial charge in [-0.25, -0.2) is 20.0 Å². The van der Waals surface area contributed by atoms with Crippen LogP contribution in [0, 0.1) is 0 Å². The standard InChI is InChI=1S/C25H28N2O4/c1-17-16-24(5)25(19-14-10-7-11-15-19,20(17)18-12-8-6-9-13-18)31-22(29)27(24)26-21(28)30-23(2,3)4/h6-15H,16H2,1-5H3,(H,26,28)/t24-,25+/m1/s1. The van der Waals surface area contributed by atoms with E-state index in [9.17, 15) is 9.59 Å². The molecule has 1 N–H and O–H groups in total. The lowest BCUT2D eigenvalue weighted by molar-refractivity contribution is 0.0164. The van der Waals surface area contributed by atoms with E-state index < -0.39 is 28.9 Å². The minimum atomic E-state index is -1.08. The molecular weight excluding hydrogens is 392 g/mol. The molecule has 1 heterocycles. The molecule has 0 saturated carbocycles. The van der Waals surface area contributed by atoms with Crippen LogP contribution in [-0.2, 0) is 15.1 Å². The quantitative estimate of drug-likeness (QED) is 0.721. The lowest BCUT2D eigenvalue weighted by Gasteiger charge is -2.40. The predicted molar refractivity (Wildman–Crippen MR) is 118 cm³/mol. The summed E-state index contributed by atoms with van der Waals surface area (Å²) in [6.07, 6.45) is -0.772. The maximum absolute atomic E-state index is 13.2. The second kappa shape index (κ2) is 7.15. The van der Waals surface area contributed by atoms with Crippen molar-refractivity contribution in [3.8, 4) is 0 Å². The molecule has 31 heavy (non-hydrogen) atoms. The molecule has 2 aromatic carbocycles. The third-order valence-electron chi connectivity index (χ3n) is 5.91. The Balaban J connectivity index is 1.85. The first kappa shape index (κ1) is 21.0. The smallest absolute Gasteiger partial charge is 0.430 e. The van der Waals surface area contributed by atoms with Crippen LogP contribution in [0.1, 0.15) is 52.2 Å². The van der Waals surface area contributed by atoms with Crippen LogP contribution in [0.25, 0.3) is 5.57 Å². The molecule has 6 heteroatoms. The Kier molecular flexibility index (Phi) is 4.84. The van der Waals surface area contributed by atoms with Crippen molar-refractivity contribution in [3.63, 3.8) is 0 Å². The molecule has 0 radical (unpaired) electrons. The molecule has 1 aliphatic carbocycles. The highest BCUT2D eigenvalue weighted by Gasteiger charge is 2.69. The number of nitrogens with zero attached hydrogens (tertiary/aromatic N) is 1. The summed E-state index contributed by atoms with van der Waals surface area (Å²) in [5, 5.41) is 1.30. The SMILES string of the molecule is CC1=C(c2ccccc2)[C@]2(c3ccccc3)OC(=O)N(NC(=O)OC(C)(C)C)[C@]2(C)C1. The van der Waals surface area contributed by atoms with Gasteiger partial charge in [-0.2, -0.15) is 0 Å². The number of carbonyl (C=O) groups excluding carboxylic acids is 2. The fourth-order valence-corrected chi connectivity index (χ4v) is 4.88. The van der Waals surface area contributed by atoms with Crippen LogP contribution >= 0.6 is 0 Å². The van der Waals surface area contributed by atoms with Crippen molar-refractivity contribution >= 4 is 17.8 Å². The number of amides is 2.